The Labute approximate surface area is 150 Å². The zero-order valence-corrected chi connectivity index (χ0v) is 14.1. The SMILES string of the molecule is O=C(Cc1ccc(F)cc1F)N1CCC(C(=O)O)(c2ccccc2)CC1. The van der Waals surface area contributed by atoms with Crippen molar-refractivity contribution < 1.29 is 23.5 Å². The van der Waals surface area contributed by atoms with Gasteiger partial charge in [-0.25, -0.2) is 8.78 Å². The van der Waals surface area contributed by atoms with Crippen LogP contribution in [0.4, 0.5) is 8.78 Å². The summed E-state index contributed by atoms with van der Waals surface area (Å²) in [6, 6.07) is 12.1. The topological polar surface area (TPSA) is 57.6 Å². The Hall–Kier alpha value is -2.76. The van der Waals surface area contributed by atoms with E-state index in [-0.39, 0.29) is 31.0 Å². The lowest BCUT2D eigenvalue weighted by atomic mass is 9.73. The van der Waals surface area contributed by atoms with E-state index in [9.17, 15) is 23.5 Å². The van der Waals surface area contributed by atoms with Crippen LogP contribution in [0.25, 0.3) is 0 Å². The van der Waals surface area contributed by atoms with Gasteiger partial charge in [0, 0.05) is 19.2 Å². The average molecular weight is 359 g/mol. The van der Waals surface area contributed by atoms with Gasteiger partial charge in [0.1, 0.15) is 11.6 Å². The molecule has 0 spiro atoms. The number of hydrogen-bond donors (Lipinski definition) is 1. The molecule has 4 nitrogen and oxygen atoms in total. The molecule has 0 aliphatic carbocycles. The summed E-state index contributed by atoms with van der Waals surface area (Å²) in [6.45, 7) is 0.561. The third-order valence-electron chi connectivity index (χ3n) is 5.06. The Morgan fingerprint density at radius 3 is 2.27 bits per heavy atom. The second-order valence-corrected chi connectivity index (χ2v) is 6.55. The molecule has 2 aromatic rings. The number of carbonyl (C=O) groups is 2. The molecule has 1 amide bonds. The van der Waals surface area contributed by atoms with Gasteiger partial charge in [-0.2, -0.15) is 0 Å². The number of halogens is 2. The highest BCUT2D eigenvalue weighted by molar-refractivity contribution is 5.83. The number of hydrogen-bond acceptors (Lipinski definition) is 2. The molecule has 0 saturated carbocycles. The van der Waals surface area contributed by atoms with Crippen molar-refractivity contribution in [1.82, 2.24) is 4.90 Å². The molecule has 6 heteroatoms. The number of carboxylic acids is 1. The van der Waals surface area contributed by atoms with Crippen molar-refractivity contribution in [2.45, 2.75) is 24.7 Å². The van der Waals surface area contributed by atoms with Crippen molar-refractivity contribution in [2.24, 2.45) is 0 Å². The Morgan fingerprint density at radius 2 is 1.69 bits per heavy atom. The van der Waals surface area contributed by atoms with E-state index in [1.54, 1.807) is 29.2 Å². The van der Waals surface area contributed by atoms with Gasteiger partial charge in [0.05, 0.1) is 11.8 Å². The molecule has 26 heavy (non-hydrogen) atoms. The van der Waals surface area contributed by atoms with Gasteiger partial charge in [-0.1, -0.05) is 36.4 Å². The molecule has 3 rings (SSSR count). The van der Waals surface area contributed by atoms with E-state index in [1.165, 1.54) is 6.07 Å². The highest BCUT2D eigenvalue weighted by Gasteiger charge is 2.43. The zero-order valence-electron chi connectivity index (χ0n) is 14.1. The predicted molar refractivity (Wildman–Crippen MR) is 91.6 cm³/mol. The fourth-order valence-corrected chi connectivity index (χ4v) is 3.46. The Bertz CT molecular complexity index is 815. The molecular weight excluding hydrogens is 340 g/mol. The third kappa shape index (κ3) is 3.45. The molecule has 0 unspecified atom stereocenters. The van der Waals surface area contributed by atoms with Crippen LogP contribution >= 0.6 is 0 Å². The first kappa shape index (κ1) is 18.0. The number of likely N-dealkylation sites (tertiary alicyclic amines) is 1. The standard InChI is InChI=1S/C20H19F2NO3/c21-16-7-6-14(17(22)13-16)12-18(24)23-10-8-20(9-11-23,19(25)26)15-4-2-1-3-5-15/h1-7,13H,8-12H2,(H,25,26). The van der Waals surface area contributed by atoms with E-state index in [0.29, 0.717) is 12.8 Å². The summed E-state index contributed by atoms with van der Waals surface area (Å²) in [4.78, 5) is 25.9. The zero-order chi connectivity index (χ0) is 18.7. The van der Waals surface area contributed by atoms with E-state index >= 15 is 0 Å². The number of benzene rings is 2. The maximum Gasteiger partial charge on any atom is 0.314 e. The van der Waals surface area contributed by atoms with Crippen molar-refractivity contribution in [3.8, 4) is 0 Å². The highest BCUT2D eigenvalue weighted by atomic mass is 19.1. The highest BCUT2D eigenvalue weighted by Crippen LogP contribution is 2.36. The summed E-state index contributed by atoms with van der Waals surface area (Å²) in [7, 11) is 0. The maximum absolute atomic E-state index is 13.7. The van der Waals surface area contributed by atoms with Crippen LogP contribution in [-0.4, -0.2) is 35.0 Å². The molecule has 1 heterocycles. The second-order valence-electron chi connectivity index (χ2n) is 6.55. The summed E-state index contributed by atoms with van der Waals surface area (Å²) in [6.07, 6.45) is 0.422. The van der Waals surface area contributed by atoms with Gasteiger partial charge in [-0.3, -0.25) is 9.59 Å². The van der Waals surface area contributed by atoms with Gasteiger partial charge in [0.15, 0.2) is 0 Å². The monoisotopic (exact) mass is 359 g/mol. The Balaban J connectivity index is 1.71. The van der Waals surface area contributed by atoms with Crippen LogP contribution in [0.3, 0.4) is 0 Å². The van der Waals surface area contributed by atoms with Crippen molar-refractivity contribution in [1.29, 1.82) is 0 Å². The van der Waals surface area contributed by atoms with E-state index in [2.05, 4.69) is 0 Å². The summed E-state index contributed by atoms with van der Waals surface area (Å²) in [5.74, 6) is -2.63. The van der Waals surface area contributed by atoms with Crippen molar-refractivity contribution in [2.75, 3.05) is 13.1 Å². The number of nitrogens with zero attached hydrogens (tertiary/aromatic N) is 1. The first-order valence-corrected chi connectivity index (χ1v) is 8.43. The normalized spacial score (nSPS) is 16.3. The Morgan fingerprint density at radius 1 is 1.04 bits per heavy atom. The fourth-order valence-electron chi connectivity index (χ4n) is 3.46. The molecule has 1 aliphatic rings. The van der Waals surface area contributed by atoms with Gasteiger partial charge in [0.25, 0.3) is 0 Å². The number of carbonyl (C=O) groups excluding carboxylic acids is 1. The molecule has 0 aromatic heterocycles. The van der Waals surface area contributed by atoms with Crippen LogP contribution in [0, 0.1) is 11.6 Å². The largest absolute Gasteiger partial charge is 0.481 e. The molecule has 0 radical (unpaired) electrons. The summed E-state index contributed by atoms with van der Waals surface area (Å²) in [5.41, 5.74) is -0.155. The first-order chi connectivity index (χ1) is 12.4. The first-order valence-electron chi connectivity index (χ1n) is 8.43. The van der Waals surface area contributed by atoms with E-state index in [0.717, 1.165) is 17.7 Å². The third-order valence-corrected chi connectivity index (χ3v) is 5.06. The van der Waals surface area contributed by atoms with Crippen LogP contribution in [0.5, 0.6) is 0 Å². The van der Waals surface area contributed by atoms with Gasteiger partial charge < -0.3 is 10.0 Å². The van der Waals surface area contributed by atoms with Crippen molar-refractivity contribution >= 4 is 11.9 Å². The summed E-state index contributed by atoms with van der Waals surface area (Å²) in [5, 5.41) is 9.78. The van der Waals surface area contributed by atoms with Gasteiger partial charge in [-0.15, -0.1) is 0 Å². The van der Waals surface area contributed by atoms with Crippen LogP contribution in [0.1, 0.15) is 24.0 Å². The lowest BCUT2D eigenvalue weighted by Gasteiger charge is -2.39. The molecule has 0 bridgehead atoms. The number of amides is 1. The Kier molecular flexibility index (Phi) is 5.02. The smallest absolute Gasteiger partial charge is 0.314 e. The fraction of sp³-hybridized carbons (Fsp3) is 0.300. The van der Waals surface area contributed by atoms with Gasteiger partial charge in [-0.05, 0) is 30.0 Å². The molecule has 1 N–H and O–H groups in total. The lowest BCUT2D eigenvalue weighted by Crippen LogP contribution is -2.49. The second kappa shape index (κ2) is 7.23. The summed E-state index contributed by atoms with van der Waals surface area (Å²) >= 11 is 0. The average Bonchev–Trinajstić information content (AvgIpc) is 2.64. The molecule has 1 saturated heterocycles. The minimum atomic E-state index is -1.01. The summed E-state index contributed by atoms with van der Waals surface area (Å²) < 4.78 is 26.7. The number of carboxylic acid groups (broad SMARTS) is 1. The molecular formula is C20H19F2NO3. The maximum atomic E-state index is 13.7. The van der Waals surface area contributed by atoms with Crippen LogP contribution < -0.4 is 0 Å². The van der Waals surface area contributed by atoms with Crippen LogP contribution in [-0.2, 0) is 21.4 Å². The van der Waals surface area contributed by atoms with Gasteiger partial charge in [0.2, 0.25) is 5.91 Å². The van der Waals surface area contributed by atoms with E-state index < -0.39 is 23.0 Å². The van der Waals surface area contributed by atoms with Crippen molar-refractivity contribution in [3.63, 3.8) is 0 Å². The minimum Gasteiger partial charge on any atom is -0.481 e. The van der Waals surface area contributed by atoms with Crippen LogP contribution in [0.2, 0.25) is 0 Å². The van der Waals surface area contributed by atoms with E-state index in [1.807, 2.05) is 6.07 Å². The minimum absolute atomic E-state index is 0.134. The quantitative estimate of drug-likeness (QED) is 0.912. The van der Waals surface area contributed by atoms with E-state index in [4.69, 9.17) is 0 Å². The van der Waals surface area contributed by atoms with Crippen LogP contribution in [0.15, 0.2) is 48.5 Å². The molecule has 1 fully saturated rings. The molecule has 136 valence electrons. The van der Waals surface area contributed by atoms with Crippen molar-refractivity contribution in [3.05, 3.63) is 71.3 Å². The number of aliphatic carboxylic acids is 1. The molecule has 0 atom stereocenters. The molecule has 1 aliphatic heterocycles. The predicted octanol–water partition coefficient (Wildman–Crippen LogP) is 3.15. The lowest BCUT2D eigenvalue weighted by molar-refractivity contribution is -0.148. The number of rotatable bonds is 4. The number of piperidine rings is 1. The van der Waals surface area contributed by atoms with Gasteiger partial charge >= 0.3 is 5.97 Å². The molecule has 2 aromatic carbocycles.